The monoisotopic (exact) mass is 469 g/mol. The Morgan fingerprint density at radius 3 is 2.62 bits per heavy atom. The first-order valence-corrected chi connectivity index (χ1v) is 11.2. The second-order valence-electron chi connectivity index (χ2n) is 7.16. The number of thioether (sulfide) groups is 1. The van der Waals surface area contributed by atoms with Crippen LogP contribution < -0.4 is 18.9 Å². The summed E-state index contributed by atoms with van der Waals surface area (Å²) in [6.45, 7) is 0.857. The van der Waals surface area contributed by atoms with Gasteiger partial charge in [0.2, 0.25) is 0 Å². The van der Waals surface area contributed by atoms with Gasteiger partial charge >= 0.3 is 0 Å². The van der Waals surface area contributed by atoms with E-state index >= 15 is 0 Å². The van der Waals surface area contributed by atoms with Crippen LogP contribution in [0, 0.1) is 0 Å². The molecule has 8 heteroatoms. The zero-order valence-corrected chi connectivity index (χ0v) is 19.7. The molecule has 0 aromatic heterocycles. The van der Waals surface area contributed by atoms with Crippen molar-refractivity contribution in [3.05, 3.63) is 64.1 Å². The van der Waals surface area contributed by atoms with Gasteiger partial charge in [0.15, 0.2) is 23.0 Å². The van der Waals surface area contributed by atoms with Gasteiger partial charge in [-0.25, -0.2) is 0 Å². The molecule has 166 valence electrons. The fraction of sp³-hybridized carbons (Fsp3) is 0.250. The summed E-state index contributed by atoms with van der Waals surface area (Å²) in [6.07, 6.45) is 4.52. The van der Waals surface area contributed by atoms with Gasteiger partial charge in [0.25, 0.3) is 5.91 Å². The maximum atomic E-state index is 13.0. The highest BCUT2D eigenvalue weighted by atomic mass is 32.2. The molecule has 1 saturated heterocycles. The molecular formula is C24H23NO5S2. The van der Waals surface area contributed by atoms with Crippen LogP contribution in [0.1, 0.15) is 11.1 Å². The number of methoxy groups -OCH3 is 3. The van der Waals surface area contributed by atoms with E-state index in [-0.39, 0.29) is 5.91 Å². The van der Waals surface area contributed by atoms with Crippen molar-refractivity contribution in [3.8, 4) is 23.0 Å². The van der Waals surface area contributed by atoms with E-state index in [0.717, 1.165) is 22.4 Å². The van der Waals surface area contributed by atoms with Crippen LogP contribution in [0.4, 0.5) is 0 Å². The standard InChI is InChI=1S/C24H23NO5S2/c1-27-18-8-7-15(12-20(18)29-3)9-10-25-23(26)21(32-24(25)31)13-16-11-17-5-4-6-19(28-2)22(17)30-14-16/h4-8,11-13H,9-10,14H2,1-3H3/b21-13-. The molecule has 4 rings (SSSR count). The maximum absolute atomic E-state index is 13.0. The van der Waals surface area contributed by atoms with E-state index in [1.807, 2.05) is 48.6 Å². The van der Waals surface area contributed by atoms with Crippen LogP contribution in [-0.2, 0) is 11.2 Å². The van der Waals surface area contributed by atoms with Crippen molar-refractivity contribution in [3.63, 3.8) is 0 Å². The molecule has 32 heavy (non-hydrogen) atoms. The van der Waals surface area contributed by atoms with E-state index in [2.05, 4.69) is 0 Å². The number of rotatable bonds is 7. The average Bonchev–Trinajstić information content (AvgIpc) is 3.08. The molecule has 1 amide bonds. The Balaban J connectivity index is 1.47. The van der Waals surface area contributed by atoms with Crippen LogP contribution in [0.2, 0.25) is 0 Å². The van der Waals surface area contributed by atoms with Crippen molar-refractivity contribution >= 4 is 40.3 Å². The molecule has 2 aromatic rings. The first kappa shape index (κ1) is 22.2. The minimum absolute atomic E-state index is 0.0854. The number of hydrogen-bond acceptors (Lipinski definition) is 7. The smallest absolute Gasteiger partial charge is 0.266 e. The number of carbonyl (C=O) groups is 1. The van der Waals surface area contributed by atoms with E-state index in [0.29, 0.717) is 46.0 Å². The van der Waals surface area contributed by atoms with Gasteiger partial charge in [0.05, 0.1) is 26.2 Å². The van der Waals surface area contributed by atoms with Gasteiger partial charge in [-0.3, -0.25) is 9.69 Å². The fourth-order valence-electron chi connectivity index (χ4n) is 3.58. The molecule has 0 unspecified atom stereocenters. The zero-order chi connectivity index (χ0) is 22.7. The number of benzene rings is 2. The molecule has 2 aromatic carbocycles. The highest BCUT2D eigenvalue weighted by molar-refractivity contribution is 8.26. The molecular weight excluding hydrogens is 446 g/mol. The number of para-hydroxylation sites is 1. The lowest BCUT2D eigenvalue weighted by molar-refractivity contribution is -0.122. The van der Waals surface area contributed by atoms with E-state index in [1.54, 1.807) is 26.2 Å². The second-order valence-corrected chi connectivity index (χ2v) is 8.84. The van der Waals surface area contributed by atoms with Crippen molar-refractivity contribution in [2.75, 3.05) is 34.5 Å². The van der Waals surface area contributed by atoms with Gasteiger partial charge < -0.3 is 18.9 Å². The number of ether oxygens (including phenoxy) is 4. The summed E-state index contributed by atoms with van der Waals surface area (Å²) in [5.41, 5.74) is 2.87. The second kappa shape index (κ2) is 9.67. The van der Waals surface area contributed by atoms with Crippen LogP contribution in [0.3, 0.4) is 0 Å². The number of carbonyl (C=O) groups excluding carboxylic acids is 1. The third-order valence-electron chi connectivity index (χ3n) is 5.22. The lowest BCUT2D eigenvalue weighted by atomic mass is 10.1. The van der Waals surface area contributed by atoms with Crippen molar-refractivity contribution in [2.24, 2.45) is 0 Å². The Hall–Kier alpha value is -2.97. The highest BCUT2D eigenvalue weighted by Crippen LogP contribution is 2.38. The van der Waals surface area contributed by atoms with E-state index in [4.69, 9.17) is 31.2 Å². The first-order valence-electron chi connectivity index (χ1n) is 10.0. The summed E-state index contributed by atoms with van der Waals surface area (Å²) in [5, 5.41) is 0. The molecule has 2 aliphatic heterocycles. The summed E-state index contributed by atoms with van der Waals surface area (Å²) in [5.74, 6) is 2.66. The maximum Gasteiger partial charge on any atom is 0.266 e. The topological polar surface area (TPSA) is 57.2 Å². The summed E-state index contributed by atoms with van der Waals surface area (Å²) in [4.78, 5) is 15.2. The molecule has 2 heterocycles. The normalized spacial score (nSPS) is 16.5. The molecule has 0 bridgehead atoms. The number of hydrogen-bond donors (Lipinski definition) is 0. The number of fused-ring (bicyclic) bond motifs is 1. The van der Waals surface area contributed by atoms with Gasteiger partial charge in [0, 0.05) is 12.1 Å². The summed E-state index contributed by atoms with van der Waals surface area (Å²) in [7, 11) is 4.82. The third kappa shape index (κ3) is 4.47. The molecule has 1 fully saturated rings. The van der Waals surface area contributed by atoms with Gasteiger partial charge in [0.1, 0.15) is 10.9 Å². The summed E-state index contributed by atoms with van der Waals surface area (Å²) in [6, 6.07) is 11.5. The Bertz CT molecular complexity index is 1130. The van der Waals surface area contributed by atoms with Gasteiger partial charge in [-0.1, -0.05) is 42.2 Å². The van der Waals surface area contributed by atoms with Crippen LogP contribution in [0.25, 0.3) is 6.08 Å². The summed E-state index contributed by atoms with van der Waals surface area (Å²) < 4.78 is 22.4. The first-order chi connectivity index (χ1) is 15.5. The van der Waals surface area contributed by atoms with E-state index in [1.165, 1.54) is 11.8 Å². The Labute approximate surface area is 196 Å². The quantitative estimate of drug-likeness (QED) is 0.438. The highest BCUT2D eigenvalue weighted by Gasteiger charge is 2.32. The largest absolute Gasteiger partial charge is 0.493 e. The van der Waals surface area contributed by atoms with Crippen LogP contribution in [-0.4, -0.2) is 49.6 Å². The lowest BCUT2D eigenvalue weighted by Crippen LogP contribution is -2.30. The van der Waals surface area contributed by atoms with Crippen molar-refractivity contribution in [1.29, 1.82) is 0 Å². The molecule has 0 atom stereocenters. The summed E-state index contributed by atoms with van der Waals surface area (Å²) >= 11 is 6.79. The predicted octanol–water partition coefficient (Wildman–Crippen LogP) is 4.48. The number of nitrogens with zero attached hydrogens (tertiary/aromatic N) is 1. The number of thiocarbonyl (C=S) groups is 1. The SMILES string of the molecule is COc1ccc(CCN2C(=O)/C(=C/C3=Cc4cccc(OC)c4OC3)SC2=S)cc1OC. The third-order valence-corrected chi connectivity index (χ3v) is 6.59. The molecule has 0 spiro atoms. The van der Waals surface area contributed by atoms with Gasteiger partial charge in [-0.05, 0) is 47.9 Å². The lowest BCUT2D eigenvalue weighted by Gasteiger charge is -2.18. The molecule has 0 saturated carbocycles. The fourth-order valence-corrected chi connectivity index (χ4v) is 4.90. The van der Waals surface area contributed by atoms with Gasteiger partial charge in [-0.2, -0.15) is 0 Å². The molecule has 0 radical (unpaired) electrons. The van der Waals surface area contributed by atoms with Crippen molar-refractivity contribution < 1.29 is 23.7 Å². The molecule has 0 aliphatic carbocycles. The Kier molecular flexibility index (Phi) is 6.72. The zero-order valence-electron chi connectivity index (χ0n) is 18.0. The molecule has 2 aliphatic rings. The minimum Gasteiger partial charge on any atom is -0.493 e. The Morgan fingerprint density at radius 1 is 1.09 bits per heavy atom. The Morgan fingerprint density at radius 2 is 1.88 bits per heavy atom. The average molecular weight is 470 g/mol. The van der Waals surface area contributed by atoms with Gasteiger partial charge in [-0.15, -0.1) is 0 Å². The molecule has 6 nitrogen and oxygen atoms in total. The minimum atomic E-state index is -0.0854. The molecule has 0 N–H and O–H groups in total. The van der Waals surface area contributed by atoms with Crippen molar-refractivity contribution in [1.82, 2.24) is 4.90 Å². The van der Waals surface area contributed by atoms with Crippen LogP contribution in [0.5, 0.6) is 23.0 Å². The van der Waals surface area contributed by atoms with E-state index < -0.39 is 0 Å². The van der Waals surface area contributed by atoms with Crippen molar-refractivity contribution in [2.45, 2.75) is 6.42 Å². The predicted molar refractivity (Wildman–Crippen MR) is 130 cm³/mol. The van der Waals surface area contributed by atoms with E-state index in [9.17, 15) is 4.79 Å². The number of amides is 1. The van der Waals surface area contributed by atoms with Crippen LogP contribution >= 0.6 is 24.0 Å². The van der Waals surface area contributed by atoms with Crippen LogP contribution in [0.15, 0.2) is 53.0 Å².